The van der Waals surface area contributed by atoms with E-state index in [0.717, 1.165) is 54.9 Å². The van der Waals surface area contributed by atoms with E-state index < -0.39 is 5.97 Å². The molecule has 0 amide bonds. The molecule has 4 rings (SSSR count). The van der Waals surface area contributed by atoms with Gasteiger partial charge in [-0.3, -0.25) is 9.78 Å². The summed E-state index contributed by atoms with van der Waals surface area (Å²) in [6, 6.07) is 0.165. The fourth-order valence-corrected chi connectivity index (χ4v) is 3.42. The fraction of sp³-hybridized carbons (Fsp3) is 0.500. The summed E-state index contributed by atoms with van der Waals surface area (Å²) in [5.74, 6) is -0.880. The number of piperidine rings is 1. The molecular weight excluding hydrogens is 306 g/mol. The maximum Gasteiger partial charge on any atom is 0.354 e. The lowest BCUT2D eigenvalue weighted by atomic mass is 9.94. The van der Waals surface area contributed by atoms with Crippen molar-refractivity contribution in [2.75, 3.05) is 13.1 Å². The van der Waals surface area contributed by atoms with Crippen LogP contribution in [0.1, 0.15) is 40.6 Å². The number of aromatic nitrogens is 4. The summed E-state index contributed by atoms with van der Waals surface area (Å²) in [7, 11) is 0. The van der Waals surface area contributed by atoms with Gasteiger partial charge in [0.15, 0.2) is 0 Å². The van der Waals surface area contributed by atoms with E-state index in [9.17, 15) is 9.90 Å². The van der Waals surface area contributed by atoms with Crippen molar-refractivity contribution in [1.29, 1.82) is 0 Å². The van der Waals surface area contributed by atoms with Gasteiger partial charge in [-0.25, -0.2) is 4.79 Å². The quantitative estimate of drug-likeness (QED) is 0.776. The molecule has 7 nitrogen and oxygen atoms in total. The van der Waals surface area contributed by atoms with Crippen molar-refractivity contribution in [3.05, 3.63) is 23.1 Å². The molecule has 118 valence electrons. The van der Waals surface area contributed by atoms with E-state index in [1.165, 1.54) is 0 Å². The van der Waals surface area contributed by atoms with Gasteiger partial charge in [-0.1, -0.05) is 0 Å². The molecule has 2 aliphatic rings. The van der Waals surface area contributed by atoms with Crippen LogP contribution in [0.25, 0.3) is 11.3 Å². The zero-order chi connectivity index (χ0) is 14.4. The number of H-pyrrole nitrogens is 1. The highest BCUT2D eigenvalue weighted by Gasteiger charge is 2.31. The van der Waals surface area contributed by atoms with E-state index in [0.29, 0.717) is 12.1 Å². The Morgan fingerprint density at radius 3 is 2.82 bits per heavy atom. The molecule has 0 bridgehead atoms. The first-order valence-corrected chi connectivity index (χ1v) is 7.33. The first kappa shape index (κ1) is 15.1. The van der Waals surface area contributed by atoms with Crippen LogP contribution in [0.4, 0.5) is 0 Å². The van der Waals surface area contributed by atoms with Gasteiger partial charge in [-0.05, 0) is 38.8 Å². The summed E-state index contributed by atoms with van der Waals surface area (Å²) in [6.07, 6.45) is 5.08. The van der Waals surface area contributed by atoms with Crippen LogP contribution in [0.15, 0.2) is 6.20 Å². The summed E-state index contributed by atoms with van der Waals surface area (Å²) in [4.78, 5) is 11.7. The van der Waals surface area contributed by atoms with Crippen LogP contribution in [-0.2, 0) is 12.8 Å². The van der Waals surface area contributed by atoms with Crippen molar-refractivity contribution < 1.29 is 9.90 Å². The predicted molar refractivity (Wildman–Crippen MR) is 82.6 cm³/mol. The van der Waals surface area contributed by atoms with E-state index in [4.69, 9.17) is 0 Å². The van der Waals surface area contributed by atoms with Gasteiger partial charge in [0, 0.05) is 16.8 Å². The smallest absolute Gasteiger partial charge is 0.354 e. The van der Waals surface area contributed by atoms with Crippen LogP contribution >= 0.6 is 12.4 Å². The molecule has 0 aromatic carbocycles. The van der Waals surface area contributed by atoms with Crippen LogP contribution in [0.2, 0.25) is 0 Å². The van der Waals surface area contributed by atoms with Crippen molar-refractivity contribution in [2.45, 2.75) is 31.7 Å². The molecule has 2 aromatic heterocycles. The number of nitrogens with zero attached hydrogens (tertiary/aromatic N) is 3. The molecule has 0 unspecified atom stereocenters. The Bertz CT molecular complexity index is 702. The summed E-state index contributed by atoms with van der Waals surface area (Å²) in [6.45, 7) is 1.82. The summed E-state index contributed by atoms with van der Waals surface area (Å²) >= 11 is 0. The van der Waals surface area contributed by atoms with E-state index in [2.05, 4.69) is 20.6 Å². The Labute approximate surface area is 133 Å². The van der Waals surface area contributed by atoms with Gasteiger partial charge in [0.2, 0.25) is 0 Å². The van der Waals surface area contributed by atoms with Crippen molar-refractivity contribution in [2.24, 2.45) is 0 Å². The summed E-state index contributed by atoms with van der Waals surface area (Å²) in [5, 5.41) is 24.6. The average molecular weight is 324 g/mol. The third-order valence-electron chi connectivity index (χ3n) is 4.46. The number of aryl methyl sites for hydroxylation is 1. The molecule has 3 heterocycles. The second-order valence-electron chi connectivity index (χ2n) is 5.67. The number of hydrogen-bond acceptors (Lipinski definition) is 4. The van der Waals surface area contributed by atoms with Crippen molar-refractivity contribution >= 4 is 18.4 Å². The average Bonchev–Trinajstić information content (AvgIpc) is 3.11. The van der Waals surface area contributed by atoms with Crippen LogP contribution in [0.3, 0.4) is 0 Å². The lowest BCUT2D eigenvalue weighted by Gasteiger charge is -2.24. The van der Waals surface area contributed by atoms with Crippen LogP contribution in [0.5, 0.6) is 0 Å². The minimum absolute atomic E-state index is 0. The van der Waals surface area contributed by atoms with Crippen LogP contribution in [-0.4, -0.2) is 44.1 Å². The van der Waals surface area contributed by atoms with Gasteiger partial charge in [0.1, 0.15) is 5.69 Å². The number of rotatable bonds is 2. The zero-order valence-corrected chi connectivity index (χ0v) is 12.8. The third-order valence-corrected chi connectivity index (χ3v) is 4.46. The number of aromatic carboxylic acids is 1. The Morgan fingerprint density at radius 1 is 1.32 bits per heavy atom. The van der Waals surface area contributed by atoms with Gasteiger partial charge in [-0.15, -0.1) is 12.4 Å². The molecule has 0 atom stereocenters. The monoisotopic (exact) mass is 323 g/mol. The van der Waals surface area contributed by atoms with Crippen molar-refractivity contribution in [3.63, 3.8) is 0 Å². The minimum Gasteiger partial charge on any atom is -0.477 e. The minimum atomic E-state index is -0.880. The van der Waals surface area contributed by atoms with Crippen molar-refractivity contribution in [3.8, 4) is 11.3 Å². The summed E-state index contributed by atoms with van der Waals surface area (Å²) in [5.41, 5.74) is 4.01. The van der Waals surface area contributed by atoms with E-state index in [-0.39, 0.29) is 18.4 Å². The van der Waals surface area contributed by atoms with E-state index in [1.54, 1.807) is 10.9 Å². The van der Waals surface area contributed by atoms with Crippen LogP contribution in [0, 0.1) is 0 Å². The van der Waals surface area contributed by atoms with E-state index in [1.807, 2.05) is 0 Å². The second-order valence-corrected chi connectivity index (χ2v) is 5.67. The SMILES string of the molecule is Cl.O=C(O)c1c2c(nn1C1CCNCC1)-c1cn[nH]c1CC2. The highest BCUT2D eigenvalue weighted by molar-refractivity contribution is 5.90. The number of nitrogens with one attached hydrogen (secondary N) is 2. The maximum atomic E-state index is 11.7. The molecule has 3 N–H and O–H groups in total. The topological polar surface area (TPSA) is 95.8 Å². The highest BCUT2D eigenvalue weighted by atomic mass is 35.5. The third kappa shape index (κ3) is 2.21. The lowest BCUT2D eigenvalue weighted by molar-refractivity contribution is 0.0677. The second kappa shape index (κ2) is 5.73. The van der Waals surface area contributed by atoms with Gasteiger partial charge in [-0.2, -0.15) is 10.2 Å². The Hall–Kier alpha value is -1.86. The molecule has 22 heavy (non-hydrogen) atoms. The first-order chi connectivity index (χ1) is 10.3. The molecule has 0 saturated carbocycles. The number of fused-ring (bicyclic) bond motifs is 3. The molecule has 1 aliphatic carbocycles. The maximum absolute atomic E-state index is 11.7. The molecule has 0 spiro atoms. The molecule has 2 aromatic rings. The van der Waals surface area contributed by atoms with Crippen LogP contribution < -0.4 is 5.32 Å². The Kier molecular flexibility index (Phi) is 3.92. The van der Waals surface area contributed by atoms with Gasteiger partial charge in [0.25, 0.3) is 0 Å². The molecule has 8 heteroatoms. The normalized spacial score (nSPS) is 17.5. The van der Waals surface area contributed by atoms with Gasteiger partial charge >= 0.3 is 5.97 Å². The molecule has 1 saturated heterocycles. The van der Waals surface area contributed by atoms with Crippen molar-refractivity contribution in [1.82, 2.24) is 25.3 Å². The van der Waals surface area contributed by atoms with E-state index >= 15 is 0 Å². The zero-order valence-electron chi connectivity index (χ0n) is 12.0. The first-order valence-electron chi connectivity index (χ1n) is 7.33. The largest absolute Gasteiger partial charge is 0.477 e. The fourth-order valence-electron chi connectivity index (χ4n) is 3.42. The number of carbonyl (C=O) groups is 1. The molecule has 0 radical (unpaired) electrons. The molecule has 1 aliphatic heterocycles. The number of hydrogen-bond donors (Lipinski definition) is 3. The number of halogens is 1. The molecule has 1 fully saturated rings. The highest BCUT2D eigenvalue weighted by Crippen LogP contribution is 2.35. The standard InChI is InChI=1S/C14H17N5O2.ClH/c20-14(21)13-9-1-2-11-10(7-16-17-11)12(9)18-19(13)8-3-5-15-6-4-8;/h7-8,15H,1-6H2,(H,16,17)(H,20,21);1H. The summed E-state index contributed by atoms with van der Waals surface area (Å²) < 4.78 is 1.75. The lowest BCUT2D eigenvalue weighted by Crippen LogP contribution is -2.31. The Balaban J connectivity index is 0.00000144. The van der Waals surface area contributed by atoms with Gasteiger partial charge in [0.05, 0.1) is 17.9 Å². The molecular formula is C14H18ClN5O2. The number of carboxylic acids is 1. The number of aromatic amines is 1. The predicted octanol–water partition coefficient (Wildman–Crippen LogP) is 1.42. The van der Waals surface area contributed by atoms with Gasteiger partial charge < -0.3 is 10.4 Å². The Morgan fingerprint density at radius 2 is 2.09 bits per heavy atom. The number of carboxylic acid groups (broad SMARTS) is 1.